The Bertz CT molecular complexity index is 3100. The number of nitrogens with two attached hydrogens (primary N) is 3. The van der Waals surface area contributed by atoms with Crippen LogP contribution in [-0.2, 0) is 28.8 Å². The molecule has 8 aliphatic carbocycles. The zero-order valence-corrected chi connectivity index (χ0v) is 52.3. The number of fused-ring (bicyclic) bond motifs is 5. The highest BCUT2D eigenvalue weighted by molar-refractivity contribution is 6.12. The van der Waals surface area contributed by atoms with Crippen molar-refractivity contribution in [2.45, 2.75) is 206 Å². The van der Waals surface area contributed by atoms with Gasteiger partial charge in [0.2, 0.25) is 11.7 Å². The molecule has 4 fully saturated rings. The van der Waals surface area contributed by atoms with Gasteiger partial charge in [0.1, 0.15) is 28.9 Å². The summed E-state index contributed by atoms with van der Waals surface area (Å²) < 4.78 is 12.5. The van der Waals surface area contributed by atoms with Gasteiger partial charge in [-0.05, 0) is 161 Å². The Morgan fingerprint density at radius 2 is 1.11 bits per heavy atom. The lowest BCUT2D eigenvalue weighted by atomic mass is 10.1. The Labute approximate surface area is 492 Å². The second kappa shape index (κ2) is 25.8. The van der Waals surface area contributed by atoms with Crippen LogP contribution < -0.4 is 17.2 Å². The van der Waals surface area contributed by atoms with E-state index in [9.17, 15) is 14.4 Å². The van der Waals surface area contributed by atoms with Gasteiger partial charge in [0.25, 0.3) is 0 Å². The molecule has 4 aromatic rings. The first kappa shape index (κ1) is 63.5. The normalized spacial score (nSPS) is 18.7. The molecule has 4 saturated carbocycles. The van der Waals surface area contributed by atoms with Gasteiger partial charge in [-0.15, -0.1) is 12.4 Å². The number of nitrogen functional groups attached to an aromatic ring is 1. The summed E-state index contributed by atoms with van der Waals surface area (Å²) in [5.41, 5.74) is 27.1. The van der Waals surface area contributed by atoms with Crippen molar-refractivity contribution in [2.24, 2.45) is 22.4 Å². The summed E-state index contributed by atoms with van der Waals surface area (Å²) in [6, 6.07) is 1.06. The molecule has 0 unspecified atom stereocenters. The molecule has 1 aliphatic heterocycles. The number of aryl methyl sites for hydroxylation is 1. The number of aromatic nitrogens is 8. The summed E-state index contributed by atoms with van der Waals surface area (Å²) in [6.07, 6.45) is 19.4. The number of guanidine groups is 1. The molecule has 4 aromatic heterocycles. The third kappa shape index (κ3) is 15.0. The predicted octanol–water partition coefficient (Wildman–Crippen LogP) is 9.61. The molecule has 0 radical (unpaired) electrons. The Morgan fingerprint density at radius 1 is 0.646 bits per heavy atom. The maximum atomic E-state index is 12.6. The SMILES string of the molecule is CC(C)n1c(C2CC2)nc2c1-c1nc(N)ncc1C2.CC(C)n1c(C2CC2)nc2c1C(=O)/C(=C/N(C)C)C2.CC(C)n1c(C2CC2)nc2c1C(=O)CC2.CN(C)C(OC(C)(C)C)N(C)C.Cl.N=C(N)N.O=C1CCC2=C1CC(C1CC1)=N2. The molecule has 0 aromatic carbocycles. The lowest BCUT2D eigenvalue weighted by molar-refractivity contribution is -0.178. The van der Waals surface area contributed by atoms with Crippen LogP contribution in [0, 0.1) is 11.3 Å². The summed E-state index contributed by atoms with van der Waals surface area (Å²) in [7, 11) is 11.9. The molecule has 0 atom stereocenters. The average molecular weight is 1150 g/mol. The lowest BCUT2D eigenvalue weighted by Gasteiger charge is -2.35. The van der Waals surface area contributed by atoms with E-state index in [2.05, 4.69) is 107 Å². The summed E-state index contributed by atoms with van der Waals surface area (Å²) in [4.78, 5) is 69.0. The molecule has 448 valence electrons. The van der Waals surface area contributed by atoms with Crippen molar-refractivity contribution in [3.05, 3.63) is 80.7 Å². The molecule has 0 spiro atoms. The average Bonchev–Trinajstić information content (AvgIpc) is 2.84. The van der Waals surface area contributed by atoms with E-state index in [1.54, 1.807) is 0 Å². The topological polar surface area (TPSA) is 264 Å². The number of carbonyl (C=O) groups is 3. The minimum Gasteiger partial charge on any atom is -0.383 e. The van der Waals surface area contributed by atoms with E-state index >= 15 is 0 Å². The van der Waals surface area contributed by atoms with Gasteiger partial charge in [0.05, 0.1) is 34.1 Å². The summed E-state index contributed by atoms with van der Waals surface area (Å²) >= 11 is 0. The number of carbonyl (C=O) groups excluding carboxylic acids is 3. The van der Waals surface area contributed by atoms with E-state index in [1.165, 1.54) is 74.4 Å². The Balaban J connectivity index is 0.000000147. The second-order valence-electron chi connectivity index (χ2n) is 25.7. The van der Waals surface area contributed by atoms with Crippen molar-refractivity contribution in [1.82, 2.24) is 53.3 Å². The van der Waals surface area contributed by atoms with Crippen LogP contribution in [0.1, 0.15) is 236 Å². The summed E-state index contributed by atoms with van der Waals surface area (Å²) in [5, 5.41) is 6.06. The van der Waals surface area contributed by atoms with Crippen LogP contribution in [0.3, 0.4) is 0 Å². The molecule has 0 saturated heterocycles. The predicted molar refractivity (Wildman–Crippen MR) is 326 cm³/mol. The number of ether oxygens (including phenoxy) is 1. The molecule has 0 bridgehead atoms. The Hall–Kier alpha value is -6.09. The summed E-state index contributed by atoms with van der Waals surface area (Å²) in [5.74, 6) is 6.96. The fourth-order valence-electron chi connectivity index (χ4n) is 11.3. The van der Waals surface area contributed by atoms with Gasteiger partial charge in [-0.3, -0.25) is 34.6 Å². The number of rotatable bonds is 11. The first-order valence-electron chi connectivity index (χ1n) is 29.5. The van der Waals surface area contributed by atoms with E-state index in [1.807, 2.05) is 69.4 Å². The van der Waals surface area contributed by atoms with Crippen molar-refractivity contribution in [2.75, 3.05) is 48.0 Å². The van der Waals surface area contributed by atoms with Crippen LogP contribution in [0.15, 0.2) is 34.2 Å². The van der Waals surface area contributed by atoms with Crippen molar-refractivity contribution in [3.63, 3.8) is 0 Å². The van der Waals surface area contributed by atoms with Crippen molar-refractivity contribution in [3.8, 4) is 11.4 Å². The van der Waals surface area contributed by atoms with Gasteiger partial charge < -0.3 is 40.5 Å². The third-order valence-electron chi connectivity index (χ3n) is 15.3. The Morgan fingerprint density at radius 3 is 1.55 bits per heavy atom. The molecule has 82 heavy (non-hydrogen) atoms. The number of Topliss-reactive ketones (excluding diaryl/α,β-unsaturated/α-hetero) is 3. The first-order chi connectivity index (χ1) is 38.1. The highest BCUT2D eigenvalue weighted by Crippen LogP contribution is 2.47. The van der Waals surface area contributed by atoms with Gasteiger partial charge in [-0.1, -0.05) is 0 Å². The van der Waals surface area contributed by atoms with Crippen LogP contribution in [0.4, 0.5) is 5.95 Å². The first-order valence-corrected chi connectivity index (χ1v) is 29.5. The smallest absolute Gasteiger partial charge is 0.220 e. The highest BCUT2D eigenvalue weighted by atomic mass is 35.5. The second-order valence-corrected chi connectivity index (χ2v) is 25.7. The van der Waals surface area contributed by atoms with E-state index < -0.39 is 0 Å². The number of ketones is 3. The van der Waals surface area contributed by atoms with Crippen LogP contribution in [-0.4, -0.2) is 137 Å². The number of aliphatic imine (C=N–C) groups is 1. The largest absolute Gasteiger partial charge is 0.383 e. The third-order valence-corrected chi connectivity index (χ3v) is 15.3. The van der Waals surface area contributed by atoms with Crippen molar-refractivity contribution >= 4 is 47.4 Å². The standard InChI is InChI=1S/C15H21N3O.C14H17N5.C12H16N2O.C10H11NO.C9H22N2O.CH5N3.ClH/c1-9(2)18-13-12(16-15(18)10-5-6-10)7-11(14(13)19)8-17(3)4;1-7(2)19-12-10(17-13(19)8-3-4-8)5-9-6-16-14(15)18-11(9)12;1-7(2)14-11-9(5-6-10(11)15)13-12(14)8-3-4-8;12-10-4-3-8-7(10)5-9(11-8)6-1-2-6;1-9(2,3)12-8(10(4)5)11(6)7;2-1(3)4;/h8-10H,5-7H2,1-4H3;6-8H,3-5H2,1-2H3,(H2,15,16,18);7-8H,3-6H2,1-2H3;6H,1-5H2;8H,1-7H3;(H5,2,3,4);1H/b11-8+;;;;;;. The lowest BCUT2D eigenvalue weighted by Crippen LogP contribution is -2.46. The molecular weight excluding hydrogens is 1060 g/mol. The molecule has 21 heteroatoms. The number of nitrogens with zero attached hydrogens (tertiary/aromatic N) is 12. The van der Waals surface area contributed by atoms with E-state index in [0.717, 1.165) is 94.0 Å². The van der Waals surface area contributed by atoms with Gasteiger partial charge in [0.15, 0.2) is 23.9 Å². The van der Waals surface area contributed by atoms with Crippen LogP contribution in [0.25, 0.3) is 11.4 Å². The van der Waals surface area contributed by atoms with Crippen LogP contribution in [0.5, 0.6) is 0 Å². The molecule has 0 amide bonds. The number of anilines is 1. The monoisotopic (exact) mass is 1150 g/mol. The maximum absolute atomic E-state index is 12.6. The van der Waals surface area contributed by atoms with Crippen LogP contribution in [0.2, 0.25) is 0 Å². The zero-order valence-electron chi connectivity index (χ0n) is 51.5. The summed E-state index contributed by atoms with van der Waals surface area (Å²) in [6.45, 7) is 19.1. The fourth-order valence-corrected chi connectivity index (χ4v) is 11.3. The van der Waals surface area contributed by atoms with Gasteiger partial charge >= 0.3 is 0 Å². The number of halogens is 1. The van der Waals surface area contributed by atoms with Gasteiger partial charge in [-0.25, -0.2) is 24.9 Å². The maximum Gasteiger partial charge on any atom is 0.220 e. The number of imidazole rings is 3. The number of hydrogen-bond donors (Lipinski definition) is 4. The fraction of sp³-hybridized carbons (Fsp3) is 0.639. The minimum absolute atomic E-state index is 0. The van der Waals surface area contributed by atoms with E-state index in [4.69, 9.17) is 25.8 Å². The molecule has 5 heterocycles. The highest BCUT2D eigenvalue weighted by Gasteiger charge is 2.40. The number of hydrogen-bond acceptors (Lipinski definition) is 15. The van der Waals surface area contributed by atoms with Gasteiger partial charge in [0, 0.05) is 123 Å². The van der Waals surface area contributed by atoms with Crippen LogP contribution >= 0.6 is 12.4 Å². The zero-order chi connectivity index (χ0) is 59.1. The quantitative estimate of drug-likeness (QED) is 0.0415. The van der Waals surface area contributed by atoms with E-state index in [-0.39, 0.29) is 41.9 Å². The van der Waals surface area contributed by atoms with Gasteiger partial charge in [-0.2, -0.15) is 0 Å². The number of nitrogens with one attached hydrogen (secondary N) is 1. The molecule has 13 rings (SSSR count). The van der Waals surface area contributed by atoms with E-state index in [0.29, 0.717) is 66.9 Å². The minimum atomic E-state index is -0.333. The Kier molecular flexibility index (Phi) is 20.0. The van der Waals surface area contributed by atoms with Crippen molar-refractivity contribution in [1.29, 1.82) is 5.41 Å². The molecule has 9 aliphatic rings. The number of allylic oxidation sites excluding steroid dienone is 3. The molecule has 7 N–H and O–H groups in total. The van der Waals surface area contributed by atoms with Crippen molar-refractivity contribution < 1.29 is 19.1 Å². The molecular formula is C61H93ClN16O4. The molecule has 20 nitrogen and oxygen atoms in total.